The Kier molecular flexibility index (Phi) is 4.51. The Morgan fingerprint density at radius 1 is 0.684 bits per heavy atom. The largest absolute Gasteiger partial charge is 0.436 e. The van der Waals surface area contributed by atoms with Gasteiger partial charge < -0.3 is 4.42 Å². The molecule has 7 heteroatoms. The number of para-hydroxylation sites is 2. The van der Waals surface area contributed by atoms with Crippen molar-refractivity contribution in [1.29, 1.82) is 0 Å². The van der Waals surface area contributed by atoms with Crippen LogP contribution < -0.4 is 0 Å². The fourth-order valence-corrected chi connectivity index (χ4v) is 5.15. The van der Waals surface area contributed by atoms with Gasteiger partial charge in [-0.25, -0.2) is 9.97 Å². The molecule has 0 atom stereocenters. The number of furan rings is 1. The molecule has 3 aromatic carbocycles. The second-order valence-corrected chi connectivity index (χ2v) is 9.31. The normalized spacial score (nSPS) is 13.6. The second-order valence-electron chi connectivity index (χ2n) is 9.31. The van der Waals surface area contributed by atoms with Gasteiger partial charge in [0.05, 0.1) is 5.52 Å². The molecule has 1 aliphatic carbocycles. The first-order valence-electron chi connectivity index (χ1n) is 12.6. The Labute approximate surface area is 216 Å². The number of fused-ring (bicyclic) bond motifs is 6. The van der Waals surface area contributed by atoms with Crippen LogP contribution in [0.5, 0.6) is 0 Å². The van der Waals surface area contributed by atoms with Crippen molar-refractivity contribution in [1.82, 2.24) is 29.5 Å². The predicted octanol–water partition coefficient (Wildman–Crippen LogP) is 7.06. The lowest BCUT2D eigenvalue weighted by Crippen LogP contribution is -2.09. The van der Waals surface area contributed by atoms with Gasteiger partial charge in [0.25, 0.3) is 0 Å². The molecule has 0 bridgehead atoms. The number of hydrogen-bond acceptors (Lipinski definition) is 6. The van der Waals surface area contributed by atoms with Gasteiger partial charge in [-0.1, -0.05) is 78.9 Å². The summed E-state index contributed by atoms with van der Waals surface area (Å²) in [6.07, 6.45) is 8.14. The zero-order valence-electron chi connectivity index (χ0n) is 20.2. The van der Waals surface area contributed by atoms with Crippen LogP contribution in [0.3, 0.4) is 0 Å². The molecule has 0 saturated heterocycles. The summed E-state index contributed by atoms with van der Waals surface area (Å²) in [5, 5.41) is 1.92. The molecule has 0 aliphatic heterocycles. The van der Waals surface area contributed by atoms with Gasteiger partial charge in [-0.15, -0.1) is 0 Å². The van der Waals surface area contributed by atoms with Gasteiger partial charge in [0.1, 0.15) is 16.6 Å². The summed E-state index contributed by atoms with van der Waals surface area (Å²) in [6.45, 7) is 0. The standard InChI is InChI=1S/C31H20N6O/c1-3-11-19(12-4-1)27-33-28(20-13-5-2-6-14-20)35-31(34-27)37-23-17-9-7-15-21(23)25-29(37)36-30-26(32-25)22-16-8-10-18-24(22)38-30/h1-5,7-13,15-18H,6,14H2. The van der Waals surface area contributed by atoms with Gasteiger partial charge in [-0.2, -0.15) is 15.0 Å². The Morgan fingerprint density at radius 2 is 1.47 bits per heavy atom. The fourth-order valence-electron chi connectivity index (χ4n) is 5.15. The van der Waals surface area contributed by atoms with Crippen molar-refractivity contribution in [2.75, 3.05) is 0 Å². The van der Waals surface area contributed by atoms with Gasteiger partial charge in [0.15, 0.2) is 17.3 Å². The lowest BCUT2D eigenvalue weighted by Gasteiger charge is -2.12. The molecule has 4 heterocycles. The molecule has 4 aromatic heterocycles. The van der Waals surface area contributed by atoms with E-state index in [0.717, 1.165) is 56.9 Å². The van der Waals surface area contributed by atoms with Crippen molar-refractivity contribution >= 4 is 49.8 Å². The van der Waals surface area contributed by atoms with E-state index in [1.54, 1.807) is 0 Å². The average Bonchev–Trinajstić information content (AvgIpc) is 3.51. The Morgan fingerprint density at radius 3 is 2.34 bits per heavy atom. The molecular weight excluding hydrogens is 472 g/mol. The minimum atomic E-state index is 0.487. The Hall–Kier alpha value is -5.17. The van der Waals surface area contributed by atoms with E-state index >= 15 is 0 Å². The third-order valence-electron chi connectivity index (χ3n) is 6.96. The van der Waals surface area contributed by atoms with E-state index in [1.807, 2.05) is 77.4 Å². The summed E-state index contributed by atoms with van der Waals surface area (Å²) in [6, 6.07) is 26.0. The molecule has 0 saturated carbocycles. The third kappa shape index (κ3) is 3.18. The molecule has 0 amide bonds. The molecule has 0 radical (unpaired) electrons. The molecule has 7 aromatic rings. The van der Waals surface area contributed by atoms with Crippen LogP contribution in [0.25, 0.3) is 67.2 Å². The van der Waals surface area contributed by atoms with Crippen LogP contribution in [-0.4, -0.2) is 29.5 Å². The van der Waals surface area contributed by atoms with Gasteiger partial charge >= 0.3 is 0 Å². The summed E-state index contributed by atoms with van der Waals surface area (Å²) < 4.78 is 8.08. The lowest BCUT2D eigenvalue weighted by molar-refractivity contribution is 0.654. The quantitative estimate of drug-likeness (QED) is 0.263. The summed E-state index contributed by atoms with van der Waals surface area (Å²) in [5.41, 5.74) is 6.35. The van der Waals surface area contributed by atoms with Gasteiger partial charge in [0, 0.05) is 16.3 Å². The van der Waals surface area contributed by atoms with Crippen molar-refractivity contribution < 1.29 is 4.42 Å². The zero-order chi connectivity index (χ0) is 25.1. The molecule has 7 nitrogen and oxygen atoms in total. The van der Waals surface area contributed by atoms with E-state index in [0.29, 0.717) is 29.0 Å². The maximum atomic E-state index is 6.10. The number of allylic oxidation sites excluding steroid dienone is 4. The first-order valence-corrected chi connectivity index (χ1v) is 12.6. The number of benzene rings is 3. The maximum absolute atomic E-state index is 6.10. The van der Waals surface area contributed by atoms with E-state index in [4.69, 9.17) is 29.3 Å². The molecule has 8 rings (SSSR count). The minimum absolute atomic E-state index is 0.487. The average molecular weight is 493 g/mol. The molecule has 38 heavy (non-hydrogen) atoms. The van der Waals surface area contributed by atoms with Gasteiger partial charge in [-0.3, -0.25) is 4.57 Å². The first kappa shape index (κ1) is 21.0. The summed E-state index contributed by atoms with van der Waals surface area (Å²) >= 11 is 0. The molecule has 0 unspecified atom stereocenters. The van der Waals surface area contributed by atoms with Crippen LogP contribution >= 0.6 is 0 Å². The molecule has 0 fully saturated rings. The molecule has 0 N–H and O–H groups in total. The van der Waals surface area contributed by atoms with Gasteiger partial charge in [0.2, 0.25) is 11.7 Å². The summed E-state index contributed by atoms with van der Waals surface area (Å²) in [5.74, 6) is 1.78. The van der Waals surface area contributed by atoms with E-state index in [-0.39, 0.29) is 0 Å². The number of hydrogen-bond donors (Lipinski definition) is 0. The van der Waals surface area contributed by atoms with Crippen molar-refractivity contribution in [2.45, 2.75) is 12.8 Å². The van der Waals surface area contributed by atoms with Crippen LogP contribution in [0, 0.1) is 0 Å². The highest BCUT2D eigenvalue weighted by Gasteiger charge is 2.22. The van der Waals surface area contributed by atoms with E-state index < -0.39 is 0 Å². The van der Waals surface area contributed by atoms with Crippen LogP contribution in [0.15, 0.2) is 102 Å². The first-order chi connectivity index (χ1) is 18.8. The predicted molar refractivity (Wildman–Crippen MR) is 149 cm³/mol. The van der Waals surface area contributed by atoms with Gasteiger partial charge in [-0.05, 0) is 36.6 Å². The van der Waals surface area contributed by atoms with Crippen molar-refractivity contribution in [3.63, 3.8) is 0 Å². The second kappa shape index (κ2) is 8.18. The van der Waals surface area contributed by atoms with E-state index in [1.165, 1.54) is 0 Å². The van der Waals surface area contributed by atoms with E-state index in [2.05, 4.69) is 24.3 Å². The SMILES string of the molecule is C1=CCCC(c2nc(-c3ccccc3)nc(-n3c4ccccc4c4nc5c(nc43)oc3ccccc35)n2)=C1. The van der Waals surface area contributed by atoms with Crippen molar-refractivity contribution in [3.05, 3.63) is 103 Å². The Bertz CT molecular complexity index is 2080. The molecule has 0 spiro atoms. The van der Waals surface area contributed by atoms with Crippen molar-refractivity contribution in [2.24, 2.45) is 0 Å². The monoisotopic (exact) mass is 492 g/mol. The molecular formula is C31H20N6O. The van der Waals surface area contributed by atoms with E-state index in [9.17, 15) is 0 Å². The number of nitrogens with zero attached hydrogens (tertiary/aromatic N) is 6. The number of aromatic nitrogens is 6. The highest BCUT2D eigenvalue weighted by Crippen LogP contribution is 2.34. The minimum Gasteiger partial charge on any atom is -0.436 e. The van der Waals surface area contributed by atoms with Crippen LogP contribution in [0.2, 0.25) is 0 Å². The number of rotatable bonds is 3. The smallest absolute Gasteiger partial charge is 0.248 e. The zero-order valence-corrected chi connectivity index (χ0v) is 20.2. The lowest BCUT2D eigenvalue weighted by atomic mass is 10.0. The summed E-state index contributed by atoms with van der Waals surface area (Å²) in [4.78, 5) is 24.9. The van der Waals surface area contributed by atoms with Crippen LogP contribution in [0.1, 0.15) is 18.7 Å². The highest BCUT2D eigenvalue weighted by molar-refractivity contribution is 6.10. The Balaban J connectivity index is 1.46. The van der Waals surface area contributed by atoms with Crippen LogP contribution in [-0.2, 0) is 0 Å². The van der Waals surface area contributed by atoms with Crippen LogP contribution in [0.4, 0.5) is 0 Å². The molecule has 1 aliphatic rings. The maximum Gasteiger partial charge on any atom is 0.248 e. The highest BCUT2D eigenvalue weighted by atomic mass is 16.3. The summed E-state index contributed by atoms with van der Waals surface area (Å²) in [7, 11) is 0. The van der Waals surface area contributed by atoms with Crippen molar-refractivity contribution in [3.8, 4) is 17.3 Å². The molecule has 180 valence electrons. The topological polar surface area (TPSA) is 82.5 Å². The third-order valence-corrected chi connectivity index (χ3v) is 6.96. The fraction of sp³-hybridized carbons (Fsp3) is 0.0645.